The largest absolute Gasteiger partial charge is 0.494 e. The van der Waals surface area contributed by atoms with Crippen molar-refractivity contribution < 1.29 is 43.2 Å². The molecule has 1 aromatic carbocycles. The number of benzene rings is 1. The summed E-state index contributed by atoms with van der Waals surface area (Å²) in [6.45, 7) is 4.34. The molecule has 1 aliphatic carbocycles. The SMILES string of the molecule is CCCCOc1ccc(C2C(C(=O)OCCOC)C(=O)CC(C)(O)C2C(=O)OCCOC)cc1. The van der Waals surface area contributed by atoms with Gasteiger partial charge in [0.05, 0.1) is 31.3 Å². The van der Waals surface area contributed by atoms with Gasteiger partial charge in [0.25, 0.3) is 0 Å². The summed E-state index contributed by atoms with van der Waals surface area (Å²) in [7, 11) is 2.94. The molecule has 34 heavy (non-hydrogen) atoms. The van der Waals surface area contributed by atoms with E-state index in [1.807, 2.05) is 0 Å². The van der Waals surface area contributed by atoms with Crippen LogP contribution in [0.15, 0.2) is 24.3 Å². The molecule has 1 N–H and O–H groups in total. The normalized spacial score (nSPS) is 24.5. The fraction of sp³-hybridized carbons (Fsp3) is 0.640. The van der Waals surface area contributed by atoms with Crippen molar-refractivity contribution >= 4 is 17.7 Å². The minimum atomic E-state index is -1.72. The van der Waals surface area contributed by atoms with Crippen molar-refractivity contribution in [1.29, 1.82) is 0 Å². The van der Waals surface area contributed by atoms with E-state index in [4.69, 9.17) is 23.7 Å². The first kappa shape index (κ1) is 27.8. The van der Waals surface area contributed by atoms with Gasteiger partial charge in [-0.05, 0) is 31.0 Å². The van der Waals surface area contributed by atoms with Crippen molar-refractivity contribution in [2.45, 2.75) is 44.6 Å². The lowest BCUT2D eigenvalue weighted by atomic mass is 9.61. The summed E-state index contributed by atoms with van der Waals surface area (Å²) in [5.41, 5.74) is -1.19. The Morgan fingerprint density at radius 2 is 1.56 bits per heavy atom. The molecule has 0 aromatic heterocycles. The van der Waals surface area contributed by atoms with Gasteiger partial charge in [0.2, 0.25) is 0 Å². The molecule has 1 saturated carbocycles. The van der Waals surface area contributed by atoms with Gasteiger partial charge in [0.15, 0.2) is 5.78 Å². The maximum Gasteiger partial charge on any atom is 0.317 e. The second-order valence-electron chi connectivity index (χ2n) is 8.57. The van der Waals surface area contributed by atoms with Gasteiger partial charge in [0.1, 0.15) is 24.9 Å². The number of methoxy groups -OCH3 is 2. The number of ether oxygens (including phenoxy) is 5. The highest BCUT2D eigenvalue weighted by Crippen LogP contribution is 2.47. The van der Waals surface area contributed by atoms with Crippen LogP contribution in [-0.4, -0.2) is 75.7 Å². The number of unbranched alkanes of at least 4 members (excludes halogenated alkanes) is 1. The first-order valence-corrected chi connectivity index (χ1v) is 11.6. The van der Waals surface area contributed by atoms with E-state index >= 15 is 0 Å². The summed E-state index contributed by atoms with van der Waals surface area (Å²) < 4.78 is 26.1. The van der Waals surface area contributed by atoms with E-state index in [1.165, 1.54) is 21.1 Å². The Morgan fingerprint density at radius 1 is 0.971 bits per heavy atom. The summed E-state index contributed by atoms with van der Waals surface area (Å²) in [5, 5.41) is 11.1. The second-order valence-corrected chi connectivity index (χ2v) is 8.57. The molecular formula is C25H36O9. The molecule has 4 atom stereocenters. The highest BCUT2D eigenvalue weighted by molar-refractivity contribution is 6.02. The standard InChI is InChI=1S/C25H36O9/c1-5-6-11-32-18-9-7-17(8-10-18)20-21(23(27)33-14-12-30-3)19(26)16-25(2,29)22(20)24(28)34-15-13-31-4/h7-10,20-22,29H,5-6,11-16H2,1-4H3. The smallest absolute Gasteiger partial charge is 0.317 e. The van der Waals surface area contributed by atoms with Crippen LogP contribution in [0.1, 0.15) is 44.6 Å². The lowest BCUT2D eigenvalue weighted by Gasteiger charge is -2.43. The number of aliphatic hydroxyl groups is 1. The number of hydrogen-bond donors (Lipinski definition) is 1. The molecule has 4 unspecified atom stereocenters. The van der Waals surface area contributed by atoms with Crippen LogP contribution >= 0.6 is 0 Å². The van der Waals surface area contributed by atoms with Gasteiger partial charge in [-0.1, -0.05) is 25.5 Å². The van der Waals surface area contributed by atoms with Crippen LogP contribution in [0, 0.1) is 11.8 Å². The lowest BCUT2D eigenvalue weighted by molar-refractivity contribution is -0.174. The Bertz CT molecular complexity index is 803. The van der Waals surface area contributed by atoms with Crippen LogP contribution in [0.2, 0.25) is 0 Å². The zero-order valence-electron chi connectivity index (χ0n) is 20.4. The van der Waals surface area contributed by atoms with Crippen molar-refractivity contribution in [1.82, 2.24) is 0 Å². The van der Waals surface area contributed by atoms with Gasteiger partial charge >= 0.3 is 11.9 Å². The molecule has 1 fully saturated rings. The molecule has 0 spiro atoms. The number of Topliss-reactive ketones (excluding diaryl/α,β-unsaturated/α-hetero) is 1. The quantitative estimate of drug-likeness (QED) is 0.258. The zero-order chi connectivity index (χ0) is 25.1. The molecule has 2 rings (SSSR count). The van der Waals surface area contributed by atoms with E-state index in [1.54, 1.807) is 24.3 Å². The number of carbonyl (C=O) groups is 3. The van der Waals surface area contributed by atoms with E-state index in [0.29, 0.717) is 17.9 Å². The van der Waals surface area contributed by atoms with Crippen molar-refractivity contribution in [2.75, 3.05) is 47.3 Å². The third-order valence-corrected chi connectivity index (χ3v) is 5.87. The molecule has 0 radical (unpaired) electrons. The predicted molar refractivity (Wildman–Crippen MR) is 122 cm³/mol. The van der Waals surface area contributed by atoms with E-state index in [9.17, 15) is 19.5 Å². The molecule has 1 aromatic rings. The Kier molecular flexibility index (Phi) is 10.9. The van der Waals surface area contributed by atoms with Gasteiger partial charge < -0.3 is 28.8 Å². The number of carbonyl (C=O) groups excluding carboxylic acids is 3. The fourth-order valence-corrected chi connectivity index (χ4v) is 4.17. The Labute approximate surface area is 200 Å². The van der Waals surface area contributed by atoms with E-state index in [-0.39, 0.29) is 32.8 Å². The molecule has 9 nitrogen and oxygen atoms in total. The zero-order valence-corrected chi connectivity index (χ0v) is 20.4. The monoisotopic (exact) mass is 480 g/mol. The first-order chi connectivity index (χ1) is 16.3. The highest BCUT2D eigenvalue weighted by atomic mass is 16.6. The highest BCUT2D eigenvalue weighted by Gasteiger charge is 2.57. The third-order valence-electron chi connectivity index (χ3n) is 5.87. The topological polar surface area (TPSA) is 118 Å². The van der Waals surface area contributed by atoms with E-state index in [0.717, 1.165) is 12.8 Å². The van der Waals surface area contributed by atoms with Crippen LogP contribution in [0.5, 0.6) is 5.75 Å². The van der Waals surface area contributed by atoms with E-state index in [2.05, 4.69) is 6.92 Å². The average molecular weight is 481 g/mol. The Morgan fingerprint density at radius 3 is 2.12 bits per heavy atom. The van der Waals surface area contributed by atoms with Crippen molar-refractivity contribution in [3.63, 3.8) is 0 Å². The minimum absolute atomic E-state index is 0.0181. The molecular weight excluding hydrogens is 444 g/mol. The number of esters is 2. The van der Waals surface area contributed by atoms with Crippen molar-refractivity contribution in [2.24, 2.45) is 11.8 Å². The maximum atomic E-state index is 13.1. The van der Waals surface area contributed by atoms with Gasteiger partial charge in [-0.3, -0.25) is 14.4 Å². The molecule has 9 heteroatoms. The summed E-state index contributed by atoms with van der Waals surface area (Å²) in [6.07, 6.45) is 1.53. The summed E-state index contributed by atoms with van der Waals surface area (Å²) >= 11 is 0. The first-order valence-electron chi connectivity index (χ1n) is 11.6. The molecule has 190 valence electrons. The minimum Gasteiger partial charge on any atom is -0.494 e. The third kappa shape index (κ3) is 7.25. The van der Waals surface area contributed by atoms with Crippen molar-refractivity contribution in [3.05, 3.63) is 29.8 Å². The predicted octanol–water partition coefficient (Wildman–Crippen LogP) is 2.28. The molecule has 0 aliphatic heterocycles. The van der Waals surface area contributed by atoms with Crippen LogP contribution in [0.25, 0.3) is 0 Å². The van der Waals surface area contributed by atoms with Crippen LogP contribution in [0.4, 0.5) is 0 Å². The Hall–Kier alpha value is -2.49. The van der Waals surface area contributed by atoms with Crippen LogP contribution < -0.4 is 4.74 Å². The summed E-state index contributed by atoms with van der Waals surface area (Å²) in [6, 6.07) is 6.84. The molecule has 0 amide bonds. The number of hydrogen-bond acceptors (Lipinski definition) is 9. The molecule has 0 bridgehead atoms. The number of ketones is 1. The van der Waals surface area contributed by atoms with Gasteiger partial charge in [-0.25, -0.2) is 0 Å². The molecule has 0 saturated heterocycles. The summed E-state index contributed by atoms with van der Waals surface area (Å²) in [4.78, 5) is 39.1. The lowest BCUT2D eigenvalue weighted by Crippen LogP contribution is -2.55. The van der Waals surface area contributed by atoms with Crippen molar-refractivity contribution in [3.8, 4) is 5.75 Å². The molecule has 1 aliphatic rings. The van der Waals surface area contributed by atoms with Gasteiger partial charge in [0, 0.05) is 26.6 Å². The average Bonchev–Trinajstić information content (AvgIpc) is 2.78. The second kappa shape index (κ2) is 13.4. The van der Waals surface area contributed by atoms with E-state index < -0.39 is 41.1 Å². The van der Waals surface area contributed by atoms with Gasteiger partial charge in [-0.2, -0.15) is 0 Å². The number of rotatable bonds is 13. The van der Waals surface area contributed by atoms with Crippen LogP contribution in [-0.2, 0) is 33.3 Å². The molecule has 0 heterocycles. The van der Waals surface area contributed by atoms with Gasteiger partial charge in [-0.15, -0.1) is 0 Å². The summed E-state index contributed by atoms with van der Waals surface area (Å²) in [5.74, 6) is -4.77. The maximum absolute atomic E-state index is 13.1. The Balaban J connectivity index is 2.42. The fourth-order valence-electron chi connectivity index (χ4n) is 4.17. The van der Waals surface area contributed by atoms with Crippen LogP contribution in [0.3, 0.4) is 0 Å².